The Hall–Kier alpha value is -2.61. The Labute approximate surface area is 181 Å². The van der Waals surface area contributed by atoms with Crippen molar-refractivity contribution >= 4 is 27.4 Å². The zero-order chi connectivity index (χ0) is 21.3. The summed E-state index contributed by atoms with van der Waals surface area (Å²) in [5.41, 5.74) is 1.11. The molecule has 0 saturated carbocycles. The first-order valence-corrected chi connectivity index (χ1v) is 10.9. The van der Waals surface area contributed by atoms with Crippen LogP contribution in [0.1, 0.15) is 23.5 Å². The third kappa shape index (κ3) is 6.45. The van der Waals surface area contributed by atoms with Crippen LogP contribution in [-0.4, -0.2) is 48.5 Å². The molecule has 160 valence electrons. The third-order valence-electron chi connectivity index (χ3n) is 4.47. The number of guanidine groups is 1. The molecule has 0 amide bonds. The van der Waals surface area contributed by atoms with Gasteiger partial charge in [-0.15, -0.1) is 11.3 Å². The Kier molecular flexibility index (Phi) is 8.07. The summed E-state index contributed by atoms with van der Waals surface area (Å²) in [7, 11) is 0. The van der Waals surface area contributed by atoms with Crippen molar-refractivity contribution in [3.63, 3.8) is 0 Å². The maximum atomic E-state index is 10.5. The number of thiophene rings is 1. The first-order chi connectivity index (χ1) is 14.5. The van der Waals surface area contributed by atoms with Crippen LogP contribution in [0.15, 0.2) is 59.6 Å². The van der Waals surface area contributed by atoms with E-state index in [4.69, 9.17) is 4.74 Å². The molecule has 0 radical (unpaired) electrons. The minimum absolute atomic E-state index is 0.163. The van der Waals surface area contributed by atoms with Gasteiger partial charge in [0.05, 0.1) is 6.54 Å². The highest BCUT2D eigenvalue weighted by Gasteiger charge is 2.12. The van der Waals surface area contributed by atoms with E-state index < -0.39 is 12.2 Å². The number of aliphatic hydroxyl groups is 2. The van der Waals surface area contributed by atoms with E-state index in [1.54, 1.807) is 11.3 Å². The number of rotatable bonds is 9. The summed E-state index contributed by atoms with van der Waals surface area (Å²) in [6.07, 6.45) is -1.37. The Morgan fingerprint density at radius 2 is 1.93 bits per heavy atom. The topological polar surface area (TPSA) is 86.1 Å². The molecule has 7 heteroatoms. The fourth-order valence-electron chi connectivity index (χ4n) is 2.95. The van der Waals surface area contributed by atoms with Crippen LogP contribution in [0, 0.1) is 6.92 Å². The number of aryl methyl sites for hydroxylation is 1. The maximum Gasteiger partial charge on any atom is 0.191 e. The fourth-order valence-corrected chi connectivity index (χ4v) is 4.00. The predicted octanol–water partition coefficient (Wildman–Crippen LogP) is 3.24. The van der Waals surface area contributed by atoms with Gasteiger partial charge >= 0.3 is 0 Å². The standard InChI is InChI=1S/C23H29N3O3S/c1-3-24-23(25-13-18(27)15-29-19-9-6-7-16(2)11-19)26-14-20(28)22-12-17-8-4-5-10-21(17)30-22/h4-12,18,20,27-28H,3,13-15H2,1-2H3,(H2,24,25,26). The van der Waals surface area contributed by atoms with Gasteiger partial charge in [-0.1, -0.05) is 30.3 Å². The Bertz CT molecular complexity index is 940. The van der Waals surface area contributed by atoms with Gasteiger partial charge in [0.15, 0.2) is 5.96 Å². The van der Waals surface area contributed by atoms with E-state index in [0.29, 0.717) is 19.0 Å². The van der Waals surface area contributed by atoms with Gasteiger partial charge in [-0.3, -0.25) is 4.99 Å². The summed E-state index contributed by atoms with van der Waals surface area (Å²) in [6, 6.07) is 17.8. The van der Waals surface area contributed by atoms with Gasteiger partial charge in [0, 0.05) is 22.7 Å². The molecule has 4 N–H and O–H groups in total. The summed E-state index contributed by atoms with van der Waals surface area (Å²) < 4.78 is 6.78. The lowest BCUT2D eigenvalue weighted by Gasteiger charge is -2.15. The number of hydrogen-bond donors (Lipinski definition) is 4. The van der Waals surface area contributed by atoms with E-state index in [1.165, 1.54) is 0 Å². The Morgan fingerprint density at radius 1 is 1.10 bits per heavy atom. The number of nitrogens with one attached hydrogen (secondary N) is 2. The molecular formula is C23H29N3O3S. The molecule has 2 atom stereocenters. The van der Waals surface area contributed by atoms with Crippen LogP contribution in [0.25, 0.3) is 10.1 Å². The molecule has 1 heterocycles. The zero-order valence-electron chi connectivity index (χ0n) is 17.3. The molecule has 6 nitrogen and oxygen atoms in total. The number of aliphatic hydroxyl groups excluding tert-OH is 2. The van der Waals surface area contributed by atoms with Gasteiger partial charge in [0.2, 0.25) is 0 Å². The minimum atomic E-state index is -0.728. The second-order valence-electron chi connectivity index (χ2n) is 7.08. The lowest BCUT2D eigenvalue weighted by molar-refractivity contribution is 0.114. The first-order valence-electron chi connectivity index (χ1n) is 10.1. The maximum absolute atomic E-state index is 10.5. The number of ether oxygens (including phenoxy) is 1. The number of aliphatic imine (C=N–C) groups is 1. The first kappa shape index (κ1) is 22.1. The lowest BCUT2D eigenvalue weighted by atomic mass is 10.2. The summed E-state index contributed by atoms with van der Waals surface area (Å²) in [6.45, 7) is 5.33. The van der Waals surface area contributed by atoms with Gasteiger partial charge in [-0.2, -0.15) is 0 Å². The molecule has 0 aliphatic carbocycles. The third-order valence-corrected chi connectivity index (χ3v) is 5.69. The van der Waals surface area contributed by atoms with Crippen LogP contribution in [0.4, 0.5) is 0 Å². The number of fused-ring (bicyclic) bond motifs is 1. The molecular weight excluding hydrogens is 398 g/mol. The molecule has 0 aliphatic heterocycles. The number of nitrogens with zero attached hydrogens (tertiary/aromatic N) is 1. The average molecular weight is 428 g/mol. The molecule has 0 aliphatic rings. The minimum Gasteiger partial charge on any atom is -0.491 e. The normalized spacial score (nSPS) is 13.8. The van der Waals surface area contributed by atoms with Crippen molar-refractivity contribution < 1.29 is 14.9 Å². The Balaban J connectivity index is 1.50. The molecule has 1 aromatic heterocycles. The predicted molar refractivity (Wildman–Crippen MR) is 123 cm³/mol. The summed E-state index contributed by atoms with van der Waals surface area (Å²) in [5.74, 6) is 1.28. The molecule has 3 rings (SSSR count). The highest BCUT2D eigenvalue weighted by molar-refractivity contribution is 7.19. The average Bonchev–Trinajstić information content (AvgIpc) is 3.18. The van der Waals surface area contributed by atoms with Gasteiger partial charge in [0.25, 0.3) is 0 Å². The van der Waals surface area contributed by atoms with Crippen molar-refractivity contribution in [1.82, 2.24) is 10.6 Å². The Morgan fingerprint density at radius 3 is 2.70 bits per heavy atom. The van der Waals surface area contributed by atoms with Crippen LogP contribution < -0.4 is 15.4 Å². The van der Waals surface area contributed by atoms with Crippen molar-refractivity contribution in [3.8, 4) is 5.75 Å². The second-order valence-corrected chi connectivity index (χ2v) is 8.20. The van der Waals surface area contributed by atoms with Crippen molar-refractivity contribution in [2.24, 2.45) is 4.99 Å². The van der Waals surface area contributed by atoms with Gasteiger partial charge in [0.1, 0.15) is 24.6 Å². The lowest BCUT2D eigenvalue weighted by Crippen LogP contribution is -2.40. The second kappa shape index (κ2) is 11.0. The van der Waals surface area contributed by atoms with Gasteiger partial charge in [-0.25, -0.2) is 0 Å². The molecule has 2 unspecified atom stereocenters. The molecule has 0 bridgehead atoms. The van der Waals surface area contributed by atoms with Crippen molar-refractivity contribution in [2.45, 2.75) is 26.1 Å². The zero-order valence-corrected chi connectivity index (χ0v) is 18.2. The van der Waals surface area contributed by atoms with E-state index in [9.17, 15) is 10.2 Å². The van der Waals surface area contributed by atoms with Crippen molar-refractivity contribution in [1.29, 1.82) is 0 Å². The van der Waals surface area contributed by atoms with E-state index in [-0.39, 0.29) is 13.2 Å². The number of benzene rings is 2. The smallest absolute Gasteiger partial charge is 0.191 e. The van der Waals surface area contributed by atoms with Crippen molar-refractivity contribution in [2.75, 3.05) is 26.2 Å². The van der Waals surface area contributed by atoms with Crippen LogP contribution in [0.3, 0.4) is 0 Å². The molecule has 2 aromatic carbocycles. The summed E-state index contributed by atoms with van der Waals surface area (Å²) in [4.78, 5) is 5.32. The van der Waals surface area contributed by atoms with E-state index >= 15 is 0 Å². The molecule has 30 heavy (non-hydrogen) atoms. The SMILES string of the molecule is CCNC(=NCC(O)COc1cccc(C)c1)NCC(O)c1cc2ccccc2s1. The molecule has 0 spiro atoms. The van der Waals surface area contributed by atoms with E-state index in [1.807, 2.05) is 62.4 Å². The van der Waals surface area contributed by atoms with Crippen LogP contribution in [-0.2, 0) is 0 Å². The highest BCUT2D eigenvalue weighted by Crippen LogP contribution is 2.29. The van der Waals surface area contributed by atoms with Crippen LogP contribution in [0.2, 0.25) is 0 Å². The van der Waals surface area contributed by atoms with E-state index in [0.717, 1.165) is 26.3 Å². The summed E-state index contributed by atoms with van der Waals surface area (Å²) >= 11 is 1.59. The van der Waals surface area contributed by atoms with E-state index in [2.05, 4.69) is 21.7 Å². The largest absolute Gasteiger partial charge is 0.491 e. The fraction of sp³-hybridized carbons (Fsp3) is 0.348. The monoisotopic (exact) mass is 427 g/mol. The van der Waals surface area contributed by atoms with Gasteiger partial charge in [-0.05, 0) is 49.1 Å². The quantitative estimate of drug-likeness (QED) is 0.311. The molecule has 0 saturated heterocycles. The number of hydrogen-bond acceptors (Lipinski definition) is 5. The highest BCUT2D eigenvalue weighted by atomic mass is 32.1. The van der Waals surface area contributed by atoms with Crippen LogP contribution in [0.5, 0.6) is 5.75 Å². The molecule has 3 aromatic rings. The van der Waals surface area contributed by atoms with Crippen LogP contribution >= 0.6 is 11.3 Å². The van der Waals surface area contributed by atoms with Crippen molar-refractivity contribution in [3.05, 3.63) is 65.0 Å². The summed E-state index contributed by atoms with van der Waals surface area (Å²) in [5, 5.41) is 28.2. The van der Waals surface area contributed by atoms with Gasteiger partial charge < -0.3 is 25.6 Å². The molecule has 0 fully saturated rings.